The third-order valence-electron chi connectivity index (χ3n) is 10.9. The molecule has 14 heteroatoms. The number of aliphatic hydroxyl groups is 2. The van der Waals surface area contributed by atoms with Crippen LogP contribution in [0.4, 0.5) is 0 Å². The van der Waals surface area contributed by atoms with Gasteiger partial charge in [0, 0.05) is 31.7 Å². The number of benzene rings is 2. The Morgan fingerprint density at radius 2 is 1.76 bits per heavy atom. The SMILES string of the molecule is CC(C)(O)c1cnnn1[C@H]1C[C@@H](C(=O)NC2(C(O)C(N)=O)CCOCC2)N(C(=O)C(CC2CCCCC2)NC(=O)c2ccc3ccccc3c2)C1. The summed E-state index contributed by atoms with van der Waals surface area (Å²) < 4.78 is 7.01. The molecular formula is C37H49N7O7. The molecule has 4 atom stereocenters. The van der Waals surface area contributed by atoms with Crippen LogP contribution in [0, 0.1) is 5.92 Å². The number of aromatic nitrogens is 3. The van der Waals surface area contributed by atoms with Gasteiger partial charge in [-0.15, -0.1) is 5.10 Å². The van der Waals surface area contributed by atoms with Crippen molar-refractivity contribution in [1.82, 2.24) is 30.5 Å². The van der Waals surface area contributed by atoms with Crippen molar-refractivity contribution in [1.29, 1.82) is 0 Å². The smallest absolute Gasteiger partial charge is 0.251 e. The number of nitrogens with zero attached hydrogens (tertiary/aromatic N) is 4. The molecule has 1 aliphatic carbocycles. The van der Waals surface area contributed by atoms with Gasteiger partial charge < -0.3 is 36.2 Å². The predicted molar refractivity (Wildman–Crippen MR) is 187 cm³/mol. The van der Waals surface area contributed by atoms with Gasteiger partial charge in [-0.2, -0.15) is 0 Å². The molecule has 2 saturated heterocycles. The van der Waals surface area contributed by atoms with Crippen LogP contribution in [0.5, 0.6) is 0 Å². The van der Waals surface area contributed by atoms with Crippen molar-refractivity contribution in [3.05, 3.63) is 59.9 Å². The maximum atomic E-state index is 14.8. The van der Waals surface area contributed by atoms with E-state index < -0.39 is 59.0 Å². The van der Waals surface area contributed by atoms with E-state index in [9.17, 15) is 29.4 Å². The van der Waals surface area contributed by atoms with Crippen LogP contribution in [0.3, 0.4) is 0 Å². The molecule has 0 spiro atoms. The zero-order valence-electron chi connectivity index (χ0n) is 29.3. The van der Waals surface area contributed by atoms with Crippen LogP contribution >= 0.6 is 0 Å². The van der Waals surface area contributed by atoms with E-state index in [2.05, 4.69) is 20.9 Å². The predicted octanol–water partition coefficient (Wildman–Crippen LogP) is 2.08. The van der Waals surface area contributed by atoms with Gasteiger partial charge in [0.15, 0.2) is 6.10 Å². The first-order chi connectivity index (χ1) is 24.4. The molecular weight excluding hydrogens is 654 g/mol. The number of hydrogen-bond donors (Lipinski definition) is 5. The summed E-state index contributed by atoms with van der Waals surface area (Å²) in [4.78, 5) is 56.7. The molecule has 3 heterocycles. The van der Waals surface area contributed by atoms with E-state index in [-0.39, 0.29) is 44.9 Å². The Kier molecular flexibility index (Phi) is 10.7. The Bertz CT molecular complexity index is 1740. The average molecular weight is 704 g/mol. The molecule has 6 N–H and O–H groups in total. The van der Waals surface area contributed by atoms with Crippen LogP contribution in [0.1, 0.15) is 93.7 Å². The number of carbonyl (C=O) groups excluding carboxylic acids is 4. The Morgan fingerprint density at radius 3 is 2.45 bits per heavy atom. The van der Waals surface area contributed by atoms with Crippen LogP contribution in [-0.2, 0) is 24.7 Å². The highest BCUT2D eigenvalue weighted by molar-refractivity contribution is 6.01. The average Bonchev–Trinajstić information content (AvgIpc) is 3.80. The molecule has 0 radical (unpaired) electrons. The highest BCUT2D eigenvalue weighted by atomic mass is 16.5. The van der Waals surface area contributed by atoms with Crippen LogP contribution in [0.25, 0.3) is 10.8 Å². The largest absolute Gasteiger partial charge is 0.384 e. The molecule has 3 aliphatic rings. The zero-order valence-corrected chi connectivity index (χ0v) is 29.3. The van der Waals surface area contributed by atoms with Gasteiger partial charge in [0.1, 0.15) is 17.7 Å². The maximum absolute atomic E-state index is 14.8. The van der Waals surface area contributed by atoms with Crippen molar-refractivity contribution in [2.24, 2.45) is 11.7 Å². The quantitative estimate of drug-likeness (QED) is 0.198. The summed E-state index contributed by atoms with van der Waals surface area (Å²) in [6.07, 6.45) is 5.67. The molecule has 2 aliphatic heterocycles. The van der Waals surface area contributed by atoms with Crippen molar-refractivity contribution < 1.29 is 34.1 Å². The number of amides is 4. The normalized spacial score (nSPS) is 22.3. The number of likely N-dealkylation sites (tertiary alicyclic amines) is 1. The number of hydrogen-bond acceptors (Lipinski definition) is 9. The summed E-state index contributed by atoms with van der Waals surface area (Å²) in [5.41, 5.74) is 3.66. The fourth-order valence-electron chi connectivity index (χ4n) is 7.99. The van der Waals surface area contributed by atoms with E-state index in [1.165, 1.54) is 11.1 Å². The molecule has 2 aromatic carbocycles. The summed E-state index contributed by atoms with van der Waals surface area (Å²) in [5, 5.41) is 37.9. The van der Waals surface area contributed by atoms with Crippen LogP contribution in [0.15, 0.2) is 48.7 Å². The first-order valence-electron chi connectivity index (χ1n) is 18.0. The molecule has 51 heavy (non-hydrogen) atoms. The number of primary amides is 1. The van der Waals surface area contributed by atoms with Crippen LogP contribution < -0.4 is 16.4 Å². The van der Waals surface area contributed by atoms with Gasteiger partial charge in [0.25, 0.3) is 5.91 Å². The summed E-state index contributed by atoms with van der Waals surface area (Å²) in [5.74, 6) is -2.15. The summed E-state index contributed by atoms with van der Waals surface area (Å²) in [6.45, 7) is 3.64. The molecule has 6 rings (SSSR count). The van der Waals surface area contributed by atoms with E-state index >= 15 is 0 Å². The highest BCUT2D eigenvalue weighted by Crippen LogP contribution is 2.35. The number of rotatable bonds is 11. The van der Waals surface area contributed by atoms with Gasteiger partial charge in [-0.05, 0) is 61.9 Å². The van der Waals surface area contributed by atoms with E-state index in [1.807, 2.05) is 30.3 Å². The molecule has 3 fully saturated rings. The molecule has 14 nitrogen and oxygen atoms in total. The van der Waals surface area contributed by atoms with Gasteiger partial charge in [0.2, 0.25) is 17.7 Å². The van der Waals surface area contributed by atoms with Crippen molar-refractivity contribution in [2.45, 2.75) is 107 Å². The monoisotopic (exact) mass is 703 g/mol. The standard InChI is InChI=1S/C37H49N7O7/c1-36(2,50)30-21-39-42-44(30)27-20-29(34(48)41-37(31(45)32(38)46)14-16-51-17-15-37)43(22-27)35(49)28(18-23-8-4-3-5-9-23)40-33(47)26-13-12-24-10-6-7-11-25(24)19-26/h6-7,10-13,19,21,23,27-29,31,45,50H,3-5,8-9,14-18,20,22H2,1-2H3,(H2,38,46)(H,40,47)(H,41,48)/t27-,28?,29-,31?/m0/s1. The highest BCUT2D eigenvalue weighted by Gasteiger charge is 2.49. The van der Waals surface area contributed by atoms with Gasteiger partial charge in [0.05, 0.1) is 23.5 Å². The van der Waals surface area contributed by atoms with Crippen LogP contribution in [0.2, 0.25) is 0 Å². The molecule has 2 unspecified atom stereocenters. The lowest BCUT2D eigenvalue weighted by molar-refractivity contribution is -0.145. The topological polar surface area (TPSA) is 202 Å². The molecule has 0 bridgehead atoms. The zero-order chi connectivity index (χ0) is 36.3. The summed E-state index contributed by atoms with van der Waals surface area (Å²) >= 11 is 0. The van der Waals surface area contributed by atoms with Gasteiger partial charge in [-0.3, -0.25) is 19.2 Å². The van der Waals surface area contributed by atoms with Gasteiger partial charge >= 0.3 is 0 Å². The number of nitrogens with one attached hydrogen (secondary N) is 2. The Morgan fingerprint density at radius 1 is 1.06 bits per heavy atom. The minimum absolute atomic E-state index is 0.0465. The lowest BCUT2D eigenvalue weighted by atomic mass is 9.83. The lowest BCUT2D eigenvalue weighted by Gasteiger charge is -2.41. The van der Waals surface area contributed by atoms with Gasteiger partial charge in [-0.1, -0.05) is 67.6 Å². The van der Waals surface area contributed by atoms with Gasteiger partial charge in [-0.25, -0.2) is 4.68 Å². The number of carbonyl (C=O) groups is 4. The third kappa shape index (κ3) is 7.92. The number of fused-ring (bicyclic) bond motifs is 1. The van der Waals surface area contributed by atoms with E-state index in [4.69, 9.17) is 10.5 Å². The summed E-state index contributed by atoms with van der Waals surface area (Å²) in [7, 11) is 0. The second-order valence-electron chi connectivity index (χ2n) is 14.9. The number of aliphatic hydroxyl groups excluding tert-OH is 1. The number of nitrogens with two attached hydrogens (primary N) is 1. The van der Waals surface area contributed by atoms with Crippen molar-refractivity contribution in [3.8, 4) is 0 Å². The molecule has 274 valence electrons. The fraction of sp³-hybridized carbons (Fsp3) is 0.568. The Labute approximate surface area is 297 Å². The second-order valence-corrected chi connectivity index (χ2v) is 14.9. The third-order valence-corrected chi connectivity index (χ3v) is 10.9. The minimum Gasteiger partial charge on any atom is -0.384 e. The fourth-order valence-corrected chi connectivity index (χ4v) is 7.99. The van der Waals surface area contributed by atoms with Crippen molar-refractivity contribution in [2.75, 3.05) is 19.8 Å². The minimum atomic E-state index is -1.68. The lowest BCUT2D eigenvalue weighted by Crippen LogP contribution is -2.65. The Hall–Kier alpha value is -4.40. The van der Waals surface area contributed by atoms with Crippen molar-refractivity contribution in [3.63, 3.8) is 0 Å². The van der Waals surface area contributed by atoms with E-state index in [1.54, 1.807) is 30.7 Å². The molecule has 1 saturated carbocycles. The van der Waals surface area contributed by atoms with Crippen LogP contribution in [-0.4, -0.2) is 97.2 Å². The second kappa shape index (κ2) is 15.1. The van der Waals surface area contributed by atoms with E-state index in [0.29, 0.717) is 17.7 Å². The molecule has 1 aromatic heterocycles. The number of ether oxygens (including phenoxy) is 1. The summed E-state index contributed by atoms with van der Waals surface area (Å²) in [6, 6.07) is 10.6. The maximum Gasteiger partial charge on any atom is 0.251 e. The molecule has 4 amide bonds. The molecule has 3 aromatic rings. The first-order valence-corrected chi connectivity index (χ1v) is 18.0. The van der Waals surface area contributed by atoms with Crippen molar-refractivity contribution >= 4 is 34.4 Å². The van der Waals surface area contributed by atoms with E-state index in [0.717, 1.165) is 42.9 Å². The Balaban J connectivity index is 1.33. The first kappa shape index (κ1) is 36.4.